The first-order chi connectivity index (χ1) is 15.2. The minimum absolute atomic E-state index is 0.140. The summed E-state index contributed by atoms with van der Waals surface area (Å²) >= 11 is 0. The normalized spacial score (nSPS) is 11.9. The number of methoxy groups -OCH3 is 1. The molecule has 0 aromatic heterocycles. The zero-order chi connectivity index (χ0) is 23.7. The van der Waals surface area contributed by atoms with Gasteiger partial charge in [-0.1, -0.05) is 52.0 Å². The van der Waals surface area contributed by atoms with E-state index in [1.165, 1.54) is 5.56 Å². The third-order valence-corrected chi connectivity index (χ3v) is 5.27. The van der Waals surface area contributed by atoms with Gasteiger partial charge in [-0.05, 0) is 54.2 Å². The zero-order valence-electron chi connectivity index (χ0n) is 20.1. The molecule has 2 rings (SSSR count). The van der Waals surface area contributed by atoms with Gasteiger partial charge in [0.15, 0.2) is 6.61 Å². The number of ether oxygens (including phenoxy) is 2. The van der Waals surface area contributed by atoms with Crippen LogP contribution in [0.15, 0.2) is 48.5 Å². The van der Waals surface area contributed by atoms with Crippen LogP contribution in [0.25, 0.3) is 0 Å². The topological polar surface area (TPSA) is 67.9 Å². The summed E-state index contributed by atoms with van der Waals surface area (Å²) < 4.78 is 11.0. The third kappa shape index (κ3) is 7.59. The zero-order valence-corrected chi connectivity index (χ0v) is 20.1. The Morgan fingerprint density at radius 1 is 0.906 bits per heavy atom. The number of rotatable bonds is 11. The van der Waals surface area contributed by atoms with Crippen molar-refractivity contribution in [3.63, 3.8) is 0 Å². The largest absolute Gasteiger partial charge is 0.497 e. The lowest BCUT2D eigenvalue weighted by molar-refractivity contribution is -0.142. The van der Waals surface area contributed by atoms with Crippen LogP contribution in [0.2, 0.25) is 0 Å². The SMILES string of the molecule is COc1ccc(CN(C(=O)COc2ccc(C(C)C)cc2)[C@@H](C)C(=O)NCC(C)C)cc1. The Hall–Kier alpha value is -3.02. The number of hydrogen-bond acceptors (Lipinski definition) is 4. The molecule has 32 heavy (non-hydrogen) atoms. The second kappa shape index (κ2) is 12.1. The highest BCUT2D eigenvalue weighted by atomic mass is 16.5. The van der Waals surface area contributed by atoms with Gasteiger partial charge in [0.2, 0.25) is 5.91 Å². The van der Waals surface area contributed by atoms with Crippen molar-refractivity contribution in [2.75, 3.05) is 20.3 Å². The highest BCUT2D eigenvalue weighted by Gasteiger charge is 2.26. The average Bonchev–Trinajstić information content (AvgIpc) is 2.79. The molecule has 2 aromatic rings. The summed E-state index contributed by atoms with van der Waals surface area (Å²) in [5.74, 6) is 1.69. The molecule has 6 nitrogen and oxygen atoms in total. The van der Waals surface area contributed by atoms with Crippen molar-refractivity contribution in [1.29, 1.82) is 0 Å². The van der Waals surface area contributed by atoms with Crippen molar-refractivity contribution in [1.82, 2.24) is 10.2 Å². The molecule has 0 fully saturated rings. The molecule has 6 heteroatoms. The molecule has 2 amide bonds. The second-order valence-electron chi connectivity index (χ2n) is 8.70. The Kier molecular flexibility index (Phi) is 9.57. The molecule has 0 aliphatic rings. The van der Waals surface area contributed by atoms with Crippen LogP contribution in [0.4, 0.5) is 0 Å². The molecule has 0 aliphatic heterocycles. The molecule has 0 saturated carbocycles. The van der Waals surface area contributed by atoms with E-state index < -0.39 is 6.04 Å². The Morgan fingerprint density at radius 2 is 1.50 bits per heavy atom. The maximum atomic E-state index is 13.1. The van der Waals surface area contributed by atoms with Crippen molar-refractivity contribution < 1.29 is 19.1 Å². The minimum Gasteiger partial charge on any atom is -0.497 e. The summed E-state index contributed by atoms with van der Waals surface area (Å²) in [7, 11) is 1.61. The predicted octanol–water partition coefficient (Wildman–Crippen LogP) is 4.39. The molecule has 0 saturated heterocycles. The second-order valence-corrected chi connectivity index (χ2v) is 8.70. The van der Waals surface area contributed by atoms with Crippen molar-refractivity contribution in [2.45, 2.75) is 53.1 Å². The van der Waals surface area contributed by atoms with E-state index in [1.807, 2.05) is 62.4 Å². The summed E-state index contributed by atoms with van der Waals surface area (Å²) in [6.45, 7) is 10.8. The van der Waals surface area contributed by atoms with Crippen LogP contribution < -0.4 is 14.8 Å². The highest BCUT2D eigenvalue weighted by Crippen LogP contribution is 2.19. The first-order valence-corrected chi connectivity index (χ1v) is 11.1. The van der Waals surface area contributed by atoms with Crippen molar-refractivity contribution >= 4 is 11.8 Å². The van der Waals surface area contributed by atoms with Crippen molar-refractivity contribution in [3.8, 4) is 11.5 Å². The number of carbonyl (C=O) groups excluding carboxylic acids is 2. The lowest BCUT2D eigenvalue weighted by atomic mass is 10.0. The van der Waals surface area contributed by atoms with Crippen LogP contribution in [-0.2, 0) is 16.1 Å². The van der Waals surface area contributed by atoms with Gasteiger partial charge in [-0.2, -0.15) is 0 Å². The number of nitrogens with zero attached hydrogens (tertiary/aromatic N) is 1. The summed E-state index contributed by atoms with van der Waals surface area (Å²) in [5.41, 5.74) is 2.12. The molecular formula is C26H36N2O4. The van der Waals surface area contributed by atoms with Crippen LogP contribution in [0, 0.1) is 5.92 Å². The first kappa shape index (κ1) is 25.2. The van der Waals surface area contributed by atoms with E-state index in [9.17, 15) is 9.59 Å². The van der Waals surface area contributed by atoms with Crippen LogP contribution in [-0.4, -0.2) is 43.0 Å². The number of amides is 2. The lowest BCUT2D eigenvalue weighted by Gasteiger charge is -2.29. The summed E-state index contributed by atoms with van der Waals surface area (Å²) in [5, 5.41) is 2.92. The van der Waals surface area contributed by atoms with Crippen molar-refractivity contribution in [2.24, 2.45) is 5.92 Å². The maximum Gasteiger partial charge on any atom is 0.261 e. The van der Waals surface area contributed by atoms with Gasteiger partial charge in [0, 0.05) is 13.1 Å². The molecule has 0 aliphatic carbocycles. The summed E-state index contributed by atoms with van der Waals surface area (Å²) in [6.07, 6.45) is 0. The van der Waals surface area contributed by atoms with E-state index in [0.717, 1.165) is 11.3 Å². The van der Waals surface area contributed by atoms with Crippen LogP contribution in [0.5, 0.6) is 11.5 Å². The fraction of sp³-hybridized carbons (Fsp3) is 0.462. The van der Waals surface area contributed by atoms with Crippen LogP contribution in [0.3, 0.4) is 0 Å². The Bertz CT molecular complexity index is 860. The van der Waals surface area contributed by atoms with Gasteiger partial charge in [-0.3, -0.25) is 9.59 Å². The van der Waals surface area contributed by atoms with Gasteiger partial charge in [0.1, 0.15) is 17.5 Å². The molecule has 1 N–H and O–H groups in total. The number of carbonyl (C=O) groups is 2. The van der Waals surface area contributed by atoms with E-state index in [-0.39, 0.29) is 18.4 Å². The van der Waals surface area contributed by atoms with Gasteiger partial charge in [-0.25, -0.2) is 0 Å². The molecule has 0 radical (unpaired) electrons. The van der Waals surface area contributed by atoms with E-state index in [0.29, 0.717) is 30.7 Å². The molecule has 174 valence electrons. The monoisotopic (exact) mass is 440 g/mol. The molecule has 2 aromatic carbocycles. The molecule has 0 spiro atoms. The fourth-order valence-electron chi connectivity index (χ4n) is 3.14. The highest BCUT2D eigenvalue weighted by molar-refractivity contribution is 5.87. The van der Waals surface area contributed by atoms with E-state index in [2.05, 4.69) is 19.2 Å². The molecule has 0 heterocycles. The third-order valence-electron chi connectivity index (χ3n) is 5.27. The standard InChI is InChI=1S/C26H36N2O4/c1-18(2)15-27-26(30)20(5)28(16-21-7-11-23(31-6)12-8-21)25(29)17-32-24-13-9-22(10-14-24)19(3)4/h7-14,18-20H,15-17H2,1-6H3,(H,27,30)/t20-/m0/s1. The van der Waals surface area contributed by atoms with Crippen LogP contribution in [0.1, 0.15) is 51.7 Å². The molecule has 1 atom stereocenters. The number of benzene rings is 2. The minimum atomic E-state index is -0.629. The molecule has 0 unspecified atom stereocenters. The summed E-state index contributed by atoms with van der Waals surface area (Å²) in [6, 6.07) is 14.6. The Morgan fingerprint density at radius 3 is 2.03 bits per heavy atom. The van der Waals surface area contributed by atoms with E-state index in [1.54, 1.807) is 18.9 Å². The molecule has 0 bridgehead atoms. The Balaban J connectivity index is 2.11. The van der Waals surface area contributed by atoms with Gasteiger partial charge in [-0.15, -0.1) is 0 Å². The smallest absolute Gasteiger partial charge is 0.261 e. The van der Waals surface area contributed by atoms with Crippen LogP contribution >= 0.6 is 0 Å². The van der Waals surface area contributed by atoms with E-state index >= 15 is 0 Å². The van der Waals surface area contributed by atoms with E-state index in [4.69, 9.17) is 9.47 Å². The number of nitrogens with one attached hydrogen (secondary N) is 1. The van der Waals surface area contributed by atoms with Gasteiger partial charge < -0.3 is 19.7 Å². The first-order valence-electron chi connectivity index (χ1n) is 11.1. The lowest BCUT2D eigenvalue weighted by Crippen LogP contribution is -2.49. The van der Waals surface area contributed by atoms with Crippen molar-refractivity contribution in [3.05, 3.63) is 59.7 Å². The predicted molar refractivity (Wildman–Crippen MR) is 127 cm³/mol. The average molecular weight is 441 g/mol. The summed E-state index contributed by atoms with van der Waals surface area (Å²) in [4.78, 5) is 27.3. The quantitative estimate of drug-likeness (QED) is 0.563. The fourth-order valence-corrected chi connectivity index (χ4v) is 3.14. The molecular weight excluding hydrogens is 404 g/mol. The van der Waals surface area contributed by atoms with Gasteiger partial charge >= 0.3 is 0 Å². The number of hydrogen-bond donors (Lipinski definition) is 1. The maximum absolute atomic E-state index is 13.1. The Labute approximate surface area is 191 Å². The van der Waals surface area contributed by atoms with Gasteiger partial charge in [0.05, 0.1) is 7.11 Å². The van der Waals surface area contributed by atoms with Gasteiger partial charge in [0.25, 0.3) is 5.91 Å².